The van der Waals surface area contributed by atoms with Gasteiger partial charge in [-0.3, -0.25) is 9.59 Å². The molecule has 5 nitrogen and oxygen atoms in total. The number of benzene rings is 2. The van der Waals surface area contributed by atoms with E-state index in [0.29, 0.717) is 12.1 Å². The number of rotatable bonds is 7. The number of hydrogen-bond donors (Lipinski definition) is 2. The lowest BCUT2D eigenvalue weighted by Crippen LogP contribution is -2.44. The van der Waals surface area contributed by atoms with Crippen LogP contribution in [0.4, 0.5) is 4.39 Å². The molecule has 0 fully saturated rings. The summed E-state index contributed by atoms with van der Waals surface area (Å²) in [6, 6.07) is 14.1. The topological polar surface area (TPSA) is 75.4 Å². The Labute approximate surface area is 158 Å². The van der Waals surface area contributed by atoms with Crippen LogP contribution in [0.2, 0.25) is 0 Å². The van der Waals surface area contributed by atoms with Crippen LogP contribution in [0.5, 0.6) is 0 Å². The standard InChI is InChI=1S/C19H22FN3O2.ClH/c1-2-23(19(25)18(21)15-6-4-3-5-7-15)13-17(24)22-12-14-8-10-16(20)11-9-14;/h3-11,18H,2,12-13,21H2,1H3,(H,22,24);1H. The highest BCUT2D eigenvalue weighted by Crippen LogP contribution is 2.12. The number of halogens is 2. The summed E-state index contributed by atoms with van der Waals surface area (Å²) in [6.45, 7) is 2.37. The molecule has 0 aliphatic carbocycles. The van der Waals surface area contributed by atoms with Crippen molar-refractivity contribution in [1.29, 1.82) is 0 Å². The van der Waals surface area contributed by atoms with E-state index in [1.165, 1.54) is 17.0 Å². The number of amides is 2. The van der Waals surface area contributed by atoms with Gasteiger partial charge in [-0.15, -0.1) is 12.4 Å². The lowest BCUT2D eigenvalue weighted by molar-refractivity contribution is -0.137. The summed E-state index contributed by atoms with van der Waals surface area (Å²) in [5.41, 5.74) is 7.50. The normalized spacial score (nSPS) is 11.2. The van der Waals surface area contributed by atoms with Crippen LogP contribution >= 0.6 is 12.4 Å². The van der Waals surface area contributed by atoms with Crippen molar-refractivity contribution in [3.63, 3.8) is 0 Å². The molecule has 0 aliphatic heterocycles. The second kappa shape index (κ2) is 10.5. The first-order valence-electron chi connectivity index (χ1n) is 8.11. The number of nitrogens with two attached hydrogens (primary N) is 1. The highest BCUT2D eigenvalue weighted by Gasteiger charge is 2.23. The van der Waals surface area contributed by atoms with E-state index in [2.05, 4.69) is 5.32 Å². The van der Waals surface area contributed by atoms with E-state index in [1.54, 1.807) is 31.2 Å². The monoisotopic (exact) mass is 379 g/mol. The Balaban J connectivity index is 0.00000338. The van der Waals surface area contributed by atoms with Crippen molar-refractivity contribution in [1.82, 2.24) is 10.2 Å². The quantitative estimate of drug-likeness (QED) is 0.775. The molecular formula is C19H23ClFN3O2. The summed E-state index contributed by atoms with van der Waals surface area (Å²) < 4.78 is 12.9. The molecule has 0 heterocycles. The lowest BCUT2D eigenvalue weighted by Gasteiger charge is -2.24. The van der Waals surface area contributed by atoms with Gasteiger partial charge in [0.1, 0.15) is 11.9 Å². The molecule has 140 valence electrons. The van der Waals surface area contributed by atoms with E-state index in [4.69, 9.17) is 5.73 Å². The molecular weight excluding hydrogens is 357 g/mol. The molecule has 0 spiro atoms. The molecule has 1 atom stereocenters. The van der Waals surface area contributed by atoms with Crippen molar-refractivity contribution >= 4 is 24.2 Å². The first-order chi connectivity index (χ1) is 12.0. The Morgan fingerprint density at radius 2 is 1.73 bits per heavy atom. The maximum atomic E-state index is 12.9. The fraction of sp³-hybridized carbons (Fsp3) is 0.263. The second-order valence-corrected chi connectivity index (χ2v) is 5.64. The predicted octanol–water partition coefficient (Wildman–Crippen LogP) is 2.41. The number of nitrogens with one attached hydrogen (secondary N) is 1. The zero-order valence-corrected chi connectivity index (χ0v) is 15.3. The molecule has 26 heavy (non-hydrogen) atoms. The SMILES string of the molecule is CCN(CC(=O)NCc1ccc(F)cc1)C(=O)C(N)c1ccccc1.Cl. The fourth-order valence-corrected chi connectivity index (χ4v) is 2.38. The van der Waals surface area contributed by atoms with Crippen LogP contribution in [-0.2, 0) is 16.1 Å². The summed E-state index contributed by atoms with van der Waals surface area (Å²) in [4.78, 5) is 26.0. The van der Waals surface area contributed by atoms with Gasteiger partial charge < -0.3 is 16.0 Å². The third kappa shape index (κ3) is 6.13. The van der Waals surface area contributed by atoms with Crippen LogP contribution < -0.4 is 11.1 Å². The maximum Gasteiger partial charge on any atom is 0.244 e. The van der Waals surface area contributed by atoms with Crippen LogP contribution in [0.1, 0.15) is 24.1 Å². The molecule has 2 aromatic rings. The molecule has 2 amide bonds. The zero-order valence-electron chi connectivity index (χ0n) is 14.5. The largest absolute Gasteiger partial charge is 0.350 e. The molecule has 3 N–H and O–H groups in total. The molecule has 2 rings (SSSR count). The van der Waals surface area contributed by atoms with E-state index >= 15 is 0 Å². The van der Waals surface area contributed by atoms with Gasteiger partial charge in [0.05, 0.1) is 6.54 Å². The smallest absolute Gasteiger partial charge is 0.244 e. The summed E-state index contributed by atoms with van der Waals surface area (Å²) in [5, 5.41) is 2.72. The van der Waals surface area contributed by atoms with E-state index in [1.807, 2.05) is 18.2 Å². The average Bonchev–Trinajstić information content (AvgIpc) is 2.65. The number of nitrogens with zero attached hydrogens (tertiary/aromatic N) is 1. The Hall–Kier alpha value is -2.44. The van der Waals surface area contributed by atoms with Crippen LogP contribution in [-0.4, -0.2) is 29.8 Å². The third-order valence-electron chi connectivity index (χ3n) is 3.86. The molecule has 0 saturated heterocycles. The second-order valence-electron chi connectivity index (χ2n) is 5.64. The molecule has 1 unspecified atom stereocenters. The number of carbonyl (C=O) groups is 2. The van der Waals surface area contributed by atoms with Gasteiger partial charge in [0.2, 0.25) is 11.8 Å². The molecule has 7 heteroatoms. The first-order valence-corrected chi connectivity index (χ1v) is 8.11. The van der Waals surface area contributed by atoms with Gasteiger partial charge in [-0.25, -0.2) is 4.39 Å². The predicted molar refractivity (Wildman–Crippen MR) is 101 cm³/mol. The summed E-state index contributed by atoms with van der Waals surface area (Å²) in [6.07, 6.45) is 0. The maximum absolute atomic E-state index is 12.9. The van der Waals surface area contributed by atoms with E-state index in [0.717, 1.165) is 5.56 Å². The minimum Gasteiger partial charge on any atom is -0.350 e. The van der Waals surface area contributed by atoms with Crippen molar-refractivity contribution in [2.45, 2.75) is 19.5 Å². The number of likely N-dealkylation sites (N-methyl/N-ethyl adjacent to an activating group) is 1. The Morgan fingerprint density at radius 1 is 1.12 bits per heavy atom. The van der Waals surface area contributed by atoms with Crippen molar-refractivity contribution in [2.75, 3.05) is 13.1 Å². The average molecular weight is 380 g/mol. The summed E-state index contributed by atoms with van der Waals surface area (Å²) in [7, 11) is 0. The van der Waals surface area contributed by atoms with Crippen LogP contribution in [0.25, 0.3) is 0 Å². The summed E-state index contributed by atoms with van der Waals surface area (Å²) >= 11 is 0. The van der Waals surface area contributed by atoms with E-state index < -0.39 is 6.04 Å². The highest BCUT2D eigenvalue weighted by molar-refractivity contribution is 5.88. The molecule has 0 aromatic heterocycles. The van der Waals surface area contributed by atoms with Crippen molar-refractivity contribution in [3.8, 4) is 0 Å². The Bertz CT molecular complexity index is 710. The summed E-state index contributed by atoms with van der Waals surface area (Å²) in [5.74, 6) is -0.918. The zero-order chi connectivity index (χ0) is 18.2. The number of hydrogen-bond acceptors (Lipinski definition) is 3. The first kappa shape index (κ1) is 21.6. The molecule has 2 aromatic carbocycles. The minimum absolute atomic E-state index is 0. The van der Waals surface area contributed by atoms with Gasteiger partial charge in [0.15, 0.2) is 0 Å². The van der Waals surface area contributed by atoms with Crippen LogP contribution in [0.3, 0.4) is 0 Å². The molecule has 0 bridgehead atoms. The van der Waals surface area contributed by atoms with Crippen molar-refractivity contribution < 1.29 is 14.0 Å². The van der Waals surface area contributed by atoms with Gasteiger partial charge >= 0.3 is 0 Å². The fourth-order valence-electron chi connectivity index (χ4n) is 2.38. The van der Waals surface area contributed by atoms with Crippen molar-refractivity contribution in [2.24, 2.45) is 5.73 Å². The van der Waals surface area contributed by atoms with E-state index in [9.17, 15) is 14.0 Å². The van der Waals surface area contributed by atoms with Gasteiger partial charge in [0.25, 0.3) is 0 Å². The van der Waals surface area contributed by atoms with Crippen molar-refractivity contribution in [3.05, 3.63) is 71.5 Å². The van der Waals surface area contributed by atoms with Crippen LogP contribution in [0.15, 0.2) is 54.6 Å². The molecule has 0 saturated carbocycles. The van der Waals surface area contributed by atoms with E-state index in [-0.39, 0.29) is 43.1 Å². The molecule has 0 radical (unpaired) electrons. The minimum atomic E-state index is -0.800. The van der Waals surface area contributed by atoms with Gasteiger partial charge in [-0.05, 0) is 30.2 Å². The Kier molecular flexibility index (Phi) is 8.75. The third-order valence-corrected chi connectivity index (χ3v) is 3.86. The highest BCUT2D eigenvalue weighted by atomic mass is 35.5. The lowest BCUT2D eigenvalue weighted by atomic mass is 10.1. The van der Waals surface area contributed by atoms with Gasteiger partial charge in [-0.2, -0.15) is 0 Å². The molecule has 0 aliphatic rings. The number of carbonyl (C=O) groups excluding carboxylic acids is 2. The van der Waals surface area contributed by atoms with Gasteiger partial charge in [-0.1, -0.05) is 42.5 Å². The van der Waals surface area contributed by atoms with Crippen LogP contribution in [0, 0.1) is 5.82 Å². The Morgan fingerprint density at radius 3 is 2.31 bits per heavy atom. The van der Waals surface area contributed by atoms with Gasteiger partial charge in [0, 0.05) is 13.1 Å².